The number of alkyl carbamates (subject to hydrolysis) is 1. The topological polar surface area (TPSA) is 151 Å². The van der Waals surface area contributed by atoms with Gasteiger partial charge in [-0.15, -0.1) is 0 Å². The molecule has 2 saturated carbocycles. The van der Waals surface area contributed by atoms with Crippen LogP contribution in [0.25, 0.3) is 0 Å². The van der Waals surface area contributed by atoms with Crippen molar-refractivity contribution in [3.05, 3.63) is 58.4 Å². The van der Waals surface area contributed by atoms with E-state index < -0.39 is 73.9 Å². The van der Waals surface area contributed by atoms with Gasteiger partial charge in [-0.2, -0.15) is 0 Å². The Hall–Kier alpha value is -3.36. The number of hydrogen-bond acceptors (Lipinski definition) is 7. The monoisotopic (exact) mass is 659 g/mol. The molecule has 2 aromatic rings. The summed E-state index contributed by atoms with van der Waals surface area (Å²) in [5.41, 5.74) is -1.94. The van der Waals surface area contributed by atoms with Crippen molar-refractivity contribution >= 4 is 45.0 Å². The van der Waals surface area contributed by atoms with E-state index in [4.69, 9.17) is 11.6 Å². The van der Waals surface area contributed by atoms with Crippen LogP contribution in [0.2, 0.25) is 5.02 Å². The minimum absolute atomic E-state index is 0.0734. The normalized spacial score (nSPS) is 23.6. The van der Waals surface area contributed by atoms with Crippen molar-refractivity contribution in [1.29, 1.82) is 0 Å². The van der Waals surface area contributed by atoms with Crippen LogP contribution in [-0.4, -0.2) is 62.0 Å². The summed E-state index contributed by atoms with van der Waals surface area (Å²) in [6.45, 7) is 3.31. The van der Waals surface area contributed by atoms with Gasteiger partial charge < -0.3 is 25.8 Å². The number of hydrogen-bond donors (Lipinski definition) is 4. The molecule has 4 rings (SSSR count). The van der Waals surface area contributed by atoms with Crippen molar-refractivity contribution in [2.75, 3.05) is 19.0 Å². The van der Waals surface area contributed by atoms with Crippen LogP contribution in [0.5, 0.6) is 0 Å². The molecular weight excluding hydrogens is 627 g/mol. The number of ether oxygens (including phenoxy) is 1. The number of carbonyl (C=O) groups is 3. The molecule has 3 amide bonds. The van der Waals surface area contributed by atoms with Gasteiger partial charge in [0.25, 0.3) is 5.91 Å². The number of rotatable bonds is 9. The summed E-state index contributed by atoms with van der Waals surface area (Å²) in [4.78, 5) is 37.0. The molecule has 15 heteroatoms. The van der Waals surface area contributed by atoms with E-state index in [1.165, 1.54) is 19.2 Å². The second-order valence-electron chi connectivity index (χ2n) is 11.7. The third-order valence-electron chi connectivity index (χ3n) is 8.22. The SMILES string of the molecule is COC(=O)N[C@H](C(=O)NCC1(O)CC2CC[C@@H](C1)C2S(=O)(=O)c1cc(C(=O)Nc2cc(F)c(F)c(F)c2)ccc1Cl)C(C)C. The van der Waals surface area contributed by atoms with Crippen LogP contribution >= 0.6 is 11.6 Å². The first kappa shape index (κ1) is 33.5. The standard InChI is InChI=1S/C29H33ClF3N3O7S/c1-14(2)24(36-28(39)43-3)27(38)34-13-29(40)11-16-4-5-17(12-29)25(16)44(41,42)22-8-15(6-7-19(22)30)26(37)35-18-9-20(31)23(33)21(32)10-18/h6-10,14,16-17,24-25,40H,4-5,11-13H2,1-3H3,(H,34,38)(H,35,37)(H,36,39)/t16-,17?,24-,25?,29?/m0/s1. The van der Waals surface area contributed by atoms with Crippen LogP contribution < -0.4 is 16.0 Å². The van der Waals surface area contributed by atoms with Gasteiger partial charge in [-0.1, -0.05) is 25.4 Å². The number of amides is 3. The molecule has 2 aromatic carbocycles. The van der Waals surface area contributed by atoms with Gasteiger partial charge in [-0.05, 0) is 61.6 Å². The molecule has 10 nitrogen and oxygen atoms in total. The maximum atomic E-state index is 13.9. The van der Waals surface area contributed by atoms with Crippen LogP contribution in [0, 0.1) is 35.2 Å². The van der Waals surface area contributed by atoms with E-state index in [9.17, 15) is 41.1 Å². The van der Waals surface area contributed by atoms with Crippen LogP contribution in [0.3, 0.4) is 0 Å². The predicted molar refractivity (Wildman–Crippen MR) is 154 cm³/mol. The van der Waals surface area contributed by atoms with E-state index in [-0.39, 0.29) is 46.5 Å². The molecule has 240 valence electrons. The molecule has 2 bridgehead atoms. The number of aliphatic hydroxyl groups is 1. The maximum absolute atomic E-state index is 13.9. The van der Waals surface area contributed by atoms with Gasteiger partial charge in [0.05, 0.1) is 27.9 Å². The lowest BCUT2D eigenvalue weighted by atomic mass is 9.77. The summed E-state index contributed by atoms with van der Waals surface area (Å²) in [7, 11) is -2.97. The first-order chi connectivity index (χ1) is 20.6. The van der Waals surface area contributed by atoms with Crippen molar-refractivity contribution in [3.8, 4) is 0 Å². The van der Waals surface area contributed by atoms with Gasteiger partial charge in [-0.3, -0.25) is 9.59 Å². The van der Waals surface area contributed by atoms with E-state index in [0.717, 1.165) is 6.07 Å². The van der Waals surface area contributed by atoms with Crippen molar-refractivity contribution in [2.24, 2.45) is 17.8 Å². The van der Waals surface area contributed by atoms with Crippen LogP contribution in [-0.2, 0) is 19.4 Å². The van der Waals surface area contributed by atoms with Crippen LogP contribution in [0.1, 0.15) is 49.9 Å². The van der Waals surface area contributed by atoms with Gasteiger partial charge in [0.2, 0.25) is 5.91 Å². The lowest BCUT2D eigenvalue weighted by Crippen LogP contribution is -2.55. The Morgan fingerprint density at radius 2 is 1.66 bits per heavy atom. The van der Waals surface area contributed by atoms with Crippen molar-refractivity contribution in [3.63, 3.8) is 0 Å². The second-order valence-corrected chi connectivity index (χ2v) is 14.1. The molecule has 44 heavy (non-hydrogen) atoms. The van der Waals surface area contributed by atoms with E-state index in [0.29, 0.717) is 25.0 Å². The number of methoxy groups -OCH3 is 1. The Morgan fingerprint density at radius 1 is 1.07 bits per heavy atom. The lowest BCUT2D eigenvalue weighted by molar-refractivity contribution is -0.126. The molecule has 2 aliphatic rings. The molecule has 3 unspecified atom stereocenters. The number of anilines is 1. The highest BCUT2D eigenvalue weighted by Crippen LogP contribution is 2.51. The number of carbonyl (C=O) groups excluding carboxylic acids is 3. The van der Waals surface area contributed by atoms with Crippen LogP contribution in [0.15, 0.2) is 35.2 Å². The fourth-order valence-corrected chi connectivity index (χ4v) is 9.05. The molecule has 0 radical (unpaired) electrons. The lowest BCUT2D eigenvalue weighted by Gasteiger charge is -2.41. The fraction of sp³-hybridized carbons (Fsp3) is 0.483. The van der Waals surface area contributed by atoms with Gasteiger partial charge in [0.1, 0.15) is 6.04 Å². The highest BCUT2D eigenvalue weighted by Gasteiger charge is 2.54. The zero-order valence-electron chi connectivity index (χ0n) is 24.1. The number of halogens is 4. The summed E-state index contributed by atoms with van der Waals surface area (Å²) >= 11 is 6.29. The molecule has 2 aliphatic carbocycles. The van der Waals surface area contributed by atoms with Crippen LogP contribution in [0.4, 0.5) is 23.7 Å². The van der Waals surface area contributed by atoms with Gasteiger partial charge in [-0.25, -0.2) is 26.4 Å². The average Bonchev–Trinajstić information content (AvgIpc) is 3.26. The Bertz CT molecular complexity index is 1540. The van der Waals surface area contributed by atoms with Gasteiger partial charge in [0, 0.05) is 29.9 Å². The fourth-order valence-electron chi connectivity index (χ4n) is 6.21. The molecule has 0 aliphatic heterocycles. The molecule has 4 N–H and O–H groups in total. The van der Waals surface area contributed by atoms with Gasteiger partial charge >= 0.3 is 6.09 Å². The summed E-state index contributed by atoms with van der Waals surface area (Å²) in [6.07, 6.45) is 0.374. The average molecular weight is 660 g/mol. The van der Waals surface area contributed by atoms with E-state index in [2.05, 4.69) is 20.7 Å². The number of nitrogens with one attached hydrogen (secondary N) is 3. The molecule has 0 spiro atoms. The smallest absolute Gasteiger partial charge is 0.407 e. The Kier molecular flexibility index (Phi) is 9.86. The van der Waals surface area contributed by atoms with Crippen molar-refractivity contribution in [1.82, 2.24) is 10.6 Å². The zero-order chi connectivity index (χ0) is 32.6. The summed E-state index contributed by atoms with van der Waals surface area (Å²) < 4.78 is 72.9. The number of benzene rings is 2. The largest absolute Gasteiger partial charge is 0.453 e. The molecule has 0 saturated heterocycles. The highest BCUT2D eigenvalue weighted by molar-refractivity contribution is 7.92. The number of sulfone groups is 1. The van der Waals surface area contributed by atoms with Crippen molar-refractivity contribution in [2.45, 2.75) is 61.3 Å². The quantitative estimate of drug-likeness (QED) is 0.295. The molecule has 0 heterocycles. The maximum Gasteiger partial charge on any atom is 0.407 e. The Morgan fingerprint density at radius 3 is 2.20 bits per heavy atom. The zero-order valence-corrected chi connectivity index (χ0v) is 25.7. The first-order valence-electron chi connectivity index (χ1n) is 13.9. The number of fused-ring (bicyclic) bond motifs is 2. The minimum Gasteiger partial charge on any atom is -0.453 e. The molecule has 0 aromatic heterocycles. The third kappa shape index (κ3) is 6.97. The summed E-state index contributed by atoms with van der Waals surface area (Å²) in [6, 6.07) is 3.80. The van der Waals surface area contributed by atoms with E-state index in [1.807, 2.05) is 0 Å². The Balaban J connectivity index is 1.49. The summed E-state index contributed by atoms with van der Waals surface area (Å²) in [5.74, 6) is -7.37. The van der Waals surface area contributed by atoms with Gasteiger partial charge in [0.15, 0.2) is 27.3 Å². The molecule has 5 atom stereocenters. The minimum atomic E-state index is -4.14. The first-order valence-corrected chi connectivity index (χ1v) is 15.8. The van der Waals surface area contributed by atoms with E-state index >= 15 is 0 Å². The molecule has 2 fully saturated rings. The van der Waals surface area contributed by atoms with Crippen molar-refractivity contribution < 1.29 is 45.8 Å². The third-order valence-corrected chi connectivity index (χ3v) is 11.1. The Labute approximate surface area is 257 Å². The second kappa shape index (κ2) is 12.9. The van der Waals surface area contributed by atoms with E-state index in [1.54, 1.807) is 13.8 Å². The summed E-state index contributed by atoms with van der Waals surface area (Å²) in [5, 5.41) is 17.7. The molecular formula is C29H33ClF3N3O7S. The highest BCUT2D eigenvalue weighted by atomic mass is 35.5. The predicted octanol–water partition coefficient (Wildman–Crippen LogP) is 4.20.